The van der Waals surface area contributed by atoms with Gasteiger partial charge in [0.1, 0.15) is 31.0 Å². The maximum absolute atomic E-state index is 13.6. The molecular formula is C47H84O19P2. The van der Waals surface area contributed by atoms with E-state index < -0.39 is 127 Å². The summed E-state index contributed by atoms with van der Waals surface area (Å²) in [5.41, 5.74) is 0. The van der Waals surface area contributed by atoms with Gasteiger partial charge in [-0.2, -0.15) is 0 Å². The lowest BCUT2D eigenvalue weighted by molar-refractivity contribution is -0.165. The first kappa shape index (κ1) is 62.2. The van der Waals surface area contributed by atoms with Gasteiger partial charge < -0.3 is 59.9 Å². The molecule has 19 nitrogen and oxygen atoms in total. The molecule has 2 rings (SSSR count). The molecule has 1 aliphatic heterocycles. The number of phosphoric acid groups is 2. The maximum Gasteiger partial charge on any atom is 0.472 e. The number of unbranched alkanes of at least 4 members (excludes halogenated alkanes) is 15. The zero-order valence-corrected chi connectivity index (χ0v) is 41.9. The van der Waals surface area contributed by atoms with Gasteiger partial charge in [-0.25, -0.2) is 9.13 Å². The summed E-state index contributed by atoms with van der Waals surface area (Å²) in [5.74, 6) is -4.73. The molecule has 0 saturated heterocycles. The zero-order valence-electron chi connectivity index (χ0n) is 40.1. The molecule has 1 heterocycles. The highest BCUT2D eigenvalue weighted by molar-refractivity contribution is 7.47. The van der Waals surface area contributed by atoms with Crippen LogP contribution in [0.25, 0.3) is 0 Å². The summed E-state index contributed by atoms with van der Waals surface area (Å²) < 4.78 is 51.8. The number of aliphatic hydroxyl groups is 7. The molecule has 0 aromatic rings. The highest BCUT2D eigenvalue weighted by atomic mass is 31.2. The highest BCUT2D eigenvalue weighted by Gasteiger charge is 2.51. The first-order valence-corrected chi connectivity index (χ1v) is 27.8. The van der Waals surface area contributed by atoms with E-state index in [2.05, 4.69) is 19.1 Å². The van der Waals surface area contributed by atoms with Crippen molar-refractivity contribution in [3.05, 3.63) is 36.5 Å². The van der Waals surface area contributed by atoms with Crippen LogP contribution in [-0.2, 0) is 41.8 Å². The molecule has 1 aliphatic carbocycles. The van der Waals surface area contributed by atoms with Gasteiger partial charge >= 0.3 is 27.6 Å². The molecule has 68 heavy (non-hydrogen) atoms. The fourth-order valence-electron chi connectivity index (χ4n) is 8.29. The normalized spacial score (nSPS) is 31.5. The molecule has 13 atom stereocenters. The van der Waals surface area contributed by atoms with E-state index in [4.69, 9.17) is 23.0 Å². The second kappa shape index (κ2) is 34.5. The van der Waals surface area contributed by atoms with Crippen molar-refractivity contribution in [3.8, 4) is 0 Å². The van der Waals surface area contributed by atoms with Crippen molar-refractivity contribution in [2.45, 2.75) is 223 Å². The largest absolute Gasteiger partial charge is 0.472 e. The van der Waals surface area contributed by atoms with E-state index in [1.165, 1.54) is 56.8 Å². The van der Waals surface area contributed by atoms with Crippen LogP contribution in [0.2, 0.25) is 0 Å². The van der Waals surface area contributed by atoms with Crippen molar-refractivity contribution in [2.24, 2.45) is 11.8 Å². The summed E-state index contributed by atoms with van der Waals surface area (Å²) in [7, 11) is -11.4. The maximum atomic E-state index is 13.6. The number of esters is 2. The Morgan fingerprint density at radius 3 is 2.01 bits per heavy atom. The number of ether oxygens (including phenoxy) is 2. The van der Waals surface area contributed by atoms with Gasteiger partial charge in [-0.1, -0.05) is 134 Å². The Labute approximate surface area is 402 Å². The van der Waals surface area contributed by atoms with Crippen molar-refractivity contribution < 1.29 is 92.2 Å². The Hall–Kier alpha value is -1.90. The van der Waals surface area contributed by atoms with Crippen LogP contribution in [0.5, 0.6) is 0 Å². The van der Waals surface area contributed by atoms with Gasteiger partial charge in [-0.3, -0.25) is 23.2 Å². The Morgan fingerprint density at radius 2 is 1.40 bits per heavy atom. The molecule has 2 bridgehead atoms. The third-order valence-corrected chi connectivity index (χ3v) is 13.8. The minimum absolute atomic E-state index is 0.0437. The summed E-state index contributed by atoms with van der Waals surface area (Å²) in [5, 5.41) is 79.2. The lowest BCUT2D eigenvalue weighted by Gasteiger charge is -2.38. The van der Waals surface area contributed by atoms with Gasteiger partial charge in [0.25, 0.3) is 0 Å². The second-order valence-corrected chi connectivity index (χ2v) is 20.8. The molecule has 1 unspecified atom stereocenters. The number of hydrogen-bond donors (Lipinski definition) is 10. The Bertz CT molecular complexity index is 1570. The first-order chi connectivity index (χ1) is 32.3. The van der Waals surface area contributed by atoms with Crippen LogP contribution in [0, 0.1) is 11.8 Å². The number of aliphatic hydroxyl groups excluding tert-OH is 7. The Balaban J connectivity index is 2.20. The molecule has 0 aromatic heterocycles. The second-order valence-electron chi connectivity index (χ2n) is 18.2. The summed E-state index contributed by atoms with van der Waals surface area (Å²) in [4.78, 5) is 56.5. The number of phosphoric ester groups is 2. The Morgan fingerprint density at radius 1 is 0.809 bits per heavy atom. The molecule has 21 heteroatoms. The van der Waals surface area contributed by atoms with E-state index in [0.29, 0.717) is 12.8 Å². The summed E-state index contributed by atoms with van der Waals surface area (Å²) in [6.45, 7) is 2.55. The average molecular weight is 1020 g/mol. The smallest absolute Gasteiger partial charge is 0.462 e. The predicted octanol–water partition coefficient (Wildman–Crippen LogP) is 5.89. The topological polar surface area (TPSA) is 317 Å². The van der Waals surface area contributed by atoms with Crippen LogP contribution in [-0.4, -0.2) is 137 Å². The molecule has 1 saturated carbocycles. The minimum Gasteiger partial charge on any atom is -0.462 e. The number of hydrogen-bond acceptors (Lipinski definition) is 16. The summed E-state index contributed by atoms with van der Waals surface area (Å²) in [6, 6.07) is 0. The van der Waals surface area contributed by atoms with Crippen LogP contribution in [0.15, 0.2) is 36.5 Å². The lowest BCUT2D eigenvalue weighted by Crippen LogP contribution is -2.56. The van der Waals surface area contributed by atoms with E-state index in [9.17, 15) is 69.1 Å². The molecule has 396 valence electrons. The third kappa shape index (κ3) is 26.0. The van der Waals surface area contributed by atoms with E-state index in [0.717, 1.165) is 70.3 Å². The Kier molecular flexibility index (Phi) is 31.5. The van der Waals surface area contributed by atoms with E-state index in [1.54, 1.807) is 0 Å². The van der Waals surface area contributed by atoms with Crippen LogP contribution in [0.3, 0.4) is 0 Å². The molecule has 1 fully saturated rings. The molecule has 0 aromatic carbocycles. The summed E-state index contributed by atoms with van der Waals surface area (Å²) in [6.07, 6.45) is 5.98. The molecular weight excluding hydrogens is 930 g/mol. The summed E-state index contributed by atoms with van der Waals surface area (Å²) >= 11 is 0. The van der Waals surface area contributed by atoms with E-state index in [-0.39, 0.29) is 19.3 Å². The minimum atomic E-state index is -5.76. The quantitative estimate of drug-likeness (QED) is 0.0198. The SMILES string of the molecule is CCCCCCCC/C=C\CCCCCCCCCC(=O)OC[C@@H]1COP(=O)(O)O[C@H]2[C@H](O)[C@@H](O)[C@H](O)[C@H](C/C=C\CC(=O)O1)[C@@H](O)C[C@@H](O)[C@H](/C=C\[C@H](O)CCCCC)[C@@H](O)[C@H]2OP(=O)(O)O. The van der Waals surface area contributed by atoms with Crippen LogP contribution < -0.4 is 0 Å². The van der Waals surface area contributed by atoms with E-state index in [1.807, 2.05) is 6.92 Å². The number of allylic oxidation sites excluding steroid dienone is 3. The van der Waals surface area contributed by atoms with Crippen molar-refractivity contribution in [2.75, 3.05) is 13.2 Å². The first-order valence-electron chi connectivity index (χ1n) is 24.8. The van der Waals surface area contributed by atoms with Crippen LogP contribution in [0.4, 0.5) is 0 Å². The predicted molar refractivity (Wildman–Crippen MR) is 252 cm³/mol. The van der Waals surface area contributed by atoms with Crippen molar-refractivity contribution in [1.29, 1.82) is 0 Å². The van der Waals surface area contributed by atoms with Crippen molar-refractivity contribution in [3.63, 3.8) is 0 Å². The number of carbonyl (C=O) groups is 2. The number of cyclic esters (lactones) is 1. The van der Waals surface area contributed by atoms with Crippen LogP contribution >= 0.6 is 15.6 Å². The van der Waals surface area contributed by atoms with Gasteiger partial charge in [0, 0.05) is 24.7 Å². The van der Waals surface area contributed by atoms with Gasteiger partial charge in [0.05, 0.1) is 43.5 Å². The molecule has 10 N–H and O–H groups in total. The molecule has 0 amide bonds. The van der Waals surface area contributed by atoms with Gasteiger partial charge in [-0.15, -0.1) is 0 Å². The fraction of sp³-hybridized carbons (Fsp3) is 0.830. The fourth-order valence-corrected chi connectivity index (χ4v) is 9.82. The monoisotopic (exact) mass is 1010 g/mol. The highest BCUT2D eigenvalue weighted by Crippen LogP contribution is 2.50. The number of fused-ring (bicyclic) bond motifs is 4. The standard InChI is InChI=1S/C47H84O19P2/c1-3-5-7-8-9-10-11-12-13-14-15-16-17-18-19-20-22-27-40(51)62-32-35-33-63-68(60,61)66-47-45(56)44(55)42(53)36(26-23-24-28-41(52)64-35)38(49)31-39(50)37(30-29-34(48)25-21-6-4-2)43(54)46(47)65-67(57,58)59/h12-13,23-24,29-30,34-39,42-50,53-56H,3-11,14-22,25-28,31-33H2,1-2H3,(H,60,61)(H2,57,58,59)/b13-12-,24-23-,30-29-/t34-,35-,36-,37+,38+,39-,42-,43-,44+,45-,46-,47+/m1/s1. The van der Waals surface area contributed by atoms with E-state index >= 15 is 0 Å². The van der Waals surface area contributed by atoms with Crippen molar-refractivity contribution >= 4 is 27.6 Å². The molecule has 2 aliphatic rings. The lowest BCUT2D eigenvalue weighted by atomic mass is 9.83. The molecule has 0 spiro atoms. The third-order valence-electron chi connectivity index (χ3n) is 12.3. The van der Waals surface area contributed by atoms with Crippen LogP contribution in [0.1, 0.15) is 162 Å². The zero-order chi connectivity index (χ0) is 50.5. The van der Waals surface area contributed by atoms with Gasteiger partial charge in [0.2, 0.25) is 0 Å². The number of carbonyl (C=O) groups excluding carboxylic acids is 2. The molecule has 0 radical (unpaired) electrons. The van der Waals surface area contributed by atoms with Gasteiger partial charge in [0.15, 0.2) is 6.10 Å². The van der Waals surface area contributed by atoms with Gasteiger partial charge in [-0.05, 0) is 44.9 Å². The average Bonchev–Trinajstić information content (AvgIpc) is 3.28. The number of rotatable bonds is 27. The van der Waals surface area contributed by atoms with Crippen molar-refractivity contribution in [1.82, 2.24) is 0 Å².